The van der Waals surface area contributed by atoms with E-state index >= 15 is 0 Å². The lowest BCUT2D eigenvalue weighted by Crippen LogP contribution is -2.53. The Morgan fingerprint density at radius 1 is 1.31 bits per heavy atom. The largest absolute Gasteiger partial charge is 0.481 e. The number of carbonyl (C=O) groups is 2. The summed E-state index contributed by atoms with van der Waals surface area (Å²) in [6.07, 6.45) is 2.30. The number of aromatic nitrogens is 2. The van der Waals surface area contributed by atoms with Gasteiger partial charge >= 0.3 is 5.97 Å². The van der Waals surface area contributed by atoms with Crippen molar-refractivity contribution >= 4 is 23.5 Å². The van der Waals surface area contributed by atoms with E-state index in [1.54, 1.807) is 23.7 Å². The van der Waals surface area contributed by atoms with Gasteiger partial charge in [0.1, 0.15) is 0 Å². The van der Waals surface area contributed by atoms with Crippen LogP contribution in [0, 0.1) is 6.92 Å². The van der Waals surface area contributed by atoms with Crippen molar-refractivity contribution in [3.63, 3.8) is 0 Å². The molecule has 1 fully saturated rings. The van der Waals surface area contributed by atoms with Crippen LogP contribution in [-0.2, 0) is 9.53 Å². The summed E-state index contributed by atoms with van der Waals surface area (Å²) < 4.78 is 6.97. The zero-order valence-electron chi connectivity index (χ0n) is 14.4. The van der Waals surface area contributed by atoms with E-state index in [9.17, 15) is 14.7 Å². The molecule has 0 unspecified atom stereocenters. The summed E-state index contributed by atoms with van der Waals surface area (Å²) in [6.45, 7) is 2.65. The molecule has 0 spiro atoms. The molecule has 1 aromatic heterocycles. The molecule has 1 saturated heterocycles. The van der Waals surface area contributed by atoms with Crippen molar-refractivity contribution in [3.8, 4) is 5.69 Å². The Balaban J connectivity index is 1.83. The summed E-state index contributed by atoms with van der Waals surface area (Å²) in [5, 5.41) is 17.0. The molecule has 0 aliphatic carbocycles. The SMILES string of the molecule is Cc1c(C(=O)NC2(CC(=O)O)CCOCC2)cnn1-c1ccc(Cl)cc1. The quantitative estimate of drug-likeness (QED) is 0.835. The zero-order valence-corrected chi connectivity index (χ0v) is 15.1. The van der Waals surface area contributed by atoms with E-state index in [2.05, 4.69) is 10.4 Å². The maximum Gasteiger partial charge on any atom is 0.305 e. The molecule has 138 valence electrons. The second-order valence-electron chi connectivity index (χ2n) is 6.45. The number of amides is 1. The van der Waals surface area contributed by atoms with Gasteiger partial charge in [0.25, 0.3) is 5.91 Å². The minimum Gasteiger partial charge on any atom is -0.481 e. The van der Waals surface area contributed by atoms with Crippen molar-refractivity contribution in [3.05, 3.63) is 46.7 Å². The summed E-state index contributed by atoms with van der Waals surface area (Å²) in [6, 6.07) is 7.13. The fourth-order valence-electron chi connectivity index (χ4n) is 3.18. The van der Waals surface area contributed by atoms with E-state index < -0.39 is 11.5 Å². The molecule has 7 nitrogen and oxygen atoms in total. The van der Waals surface area contributed by atoms with Crippen LogP contribution in [0.25, 0.3) is 5.69 Å². The molecule has 0 saturated carbocycles. The van der Waals surface area contributed by atoms with Crippen LogP contribution >= 0.6 is 11.6 Å². The van der Waals surface area contributed by atoms with Gasteiger partial charge in [-0.05, 0) is 44.0 Å². The molecule has 3 rings (SSSR count). The van der Waals surface area contributed by atoms with Crippen molar-refractivity contribution in [2.24, 2.45) is 0 Å². The number of ether oxygens (including phenoxy) is 1. The molecule has 1 amide bonds. The van der Waals surface area contributed by atoms with Crippen molar-refractivity contribution < 1.29 is 19.4 Å². The normalized spacial score (nSPS) is 16.2. The Kier molecular flexibility index (Phi) is 5.29. The third-order valence-corrected chi connectivity index (χ3v) is 4.90. The Labute approximate surface area is 155 Å². The maximum absolute atomic E-state index is 12.8. The van der Waals surface area contributed by atoms with E-state index in [0.29, 0.717) is 42.3 Å². The number of benzene rings is 1. The molecule has 1 aliphatic heterocycles. The number of hydrogen-bond donors (Lipinski definition) is 2. The summed E-state index contributed by atoms with van der Waals surface area (Å²) in [5.41, 5.74) is 1.08. The van der Waals surface area contributed by atoms with Gasteiger partial charge in [0.2, 0.25) is 0 Å². The van der Waals surface area contributed by atoms with Gasteiger partial charge in [-0.2, -0.15) is 5.10 Å². The highest BCUT2D eigenvalue weighted by Crippen LogP contribution is 2.26. The van der Waals surface area contributed by atoms with Gasteiger partial charge in [-0.25, -0.2) is 4.68 Å². The van der Waals surface area contributed by atoms with E-state index in [0.717, 1.165) is 5.69 Å². The molecular weight excluding hydrogens is 358 g/mol. The predicted octanol–water partition coefficient (Wildman–Crippen LogP) is 2.59. The van der Waals surface area contributed by atoms with Crippen LogP contribution in [-0.4, -0.2) is 45.5 Å². The minimum absolute atomic E-state index is 0.132. The van der Waals surface area contributed by atoms with Gasteiger partial charge in [-0.1, -0.05) is 11.6 Å². The first-order chi connectivity index (χ1) is 12.4. The number of nitrogens with zero attached hydrogens (tertiary/aromatic N) is 2. The van der Waals surface area contributed by atoms with Gasteiger partial charge in [-0.3, -0.25) is 9.59 Å². The second-order valence-corrected chi connectivity index (χ2v) is 6.89. The van der Waals surface area contributed by atoms with Gasteiger partial charge < -0.3 is 15.2 Å². The summed E-state index contributed by atoms with van der Waals surface area (Å²) in [7, 11) is 0. The third kappa shape index (κ3) is 3.89. The van der Waals surface area contributed by atoms with Crippen LogP contribution in [0.5, 0.6) is 0 Å². The Bertz CT molecular complexity index is 810. The Morgan fingerprint density at radius 2 is 1.96 bits per heavy atom. The number of nitrogens with one attached hydrogen (secondary N) is 1. The Morgan fingerprint density at radius 3 is 2.58 bits per heavy atom. The van der Waals surface area contributed by atoms with Gasteiger partial charge in [-0.15, -0.1) is 0 Å². The van der Waals surface area contributed by atoms with Crippen LogP contribution in [0.1, 0.15) is 35.3 Å². The van der Waals surface area contributed by atoms with Crippen LogP contribution < -0.4 is 5.32 Å². The number of carboxylic acids is 1. The van der Waals surface area contributed by atoms with Gasteiger partial charge in [0.05, 0.1) is 35.1 Å². The fraction of sp³-hybridized carbons (Fsp3) is 0.389. The molecule has 2 N–H and O–H groups in total. The molecule has 1 aromatic carbocycles. The lowest BCUT2D eigenvalue weighted by molar-refractivity contribution is -0.139. The number of rotatable bonds is 5. The molecule has 0 radical (unpaired) electrons. The van der Waals surface area contributed by atoms with Crippen molar-refractivity contribution in [2.75, 3.05) is 13.2 Å². The number of carbonyl (C=O) groups excluding carboxylic acids is 1. The minimum atomic E-state index is -0.944. The first-order valence-corrected chi connectivity index (χ1v) is 8.71. The highest BCUT2D eigenvalue weighted by Gasteiger charge is 2.37. The lowest BCUT2D eigenvalue weighted by atomic mass is 9.86. The molecule has 8 heteroatoms. The first-order valence-electron chi connectivity index (χ1n) is 8.33. The highest BCUT2D eigenvalue weighted by molar-refractivity contribution is 6.30. The zero-order chi connectivity index (χ0) is 18.7. The molecular formula is C18H20ClN3O4. The van der Waals surface area contributed by atoms with E-state index in [4.69, 9.17) is 16.3 Å². The standard InChI is InChI=1S/C18H20ClN3O4/c1-12-15(11-20-22(12)14-4-2-13(19)3-5-14)17(25)21-18(10-16(23)24)6-8-26-9-7-18/h2-5,11H,6-10H2,1H3,(H,21,25)(H,23,24). The summed E-state index contributed by atoms with van der Waals surface area (Å²) in [4.78, 5) is 24.1. The number of hydrogen-bond acceptors (Lipinski definition) is 4. The topological polar surface area (TPSA) is 93.5 Å². The van der Waals surface area contributed by atoms with E-state index in [-0.39, 0.29) is 12.3 Å². The lowest BCUT2D eigenvalue weighted by Gasteiger charge is -2.36. The van der Waals surface area contributed by atoms with Crippen LogP contribution in [0.3, 0.4) is 0 Å². The second kappa shape index (κ2) is 7.47. The van der Waals surface area contributed by atoms with Crippen LogP contribution in [0.15, 0.2) is 30.5 Å². The van der Waals surface area contributed by atoms with Crippen molar-refractivity contribution in [1.82, 2.24) is 15.1 Å². The molecule has 0 atom stereocenters. The smallest absolute Gasteiger partial charge is 0.305 e. The number of aliphatic carboxylic acids is 1. The third-order valence-electron chi connectivity index (χ3n) is 4.64. The molecule has 26 heavy (non-hydrogen) atoms. The Hall–Kier alpha value is -2.38. The fourth-order valence-corrected chi connectivity index (χ4v) is 3.31. The summed E-state index contributed by atoms with van der Waals surface area (Å²) in [5.74, 6) is -1.27. The molecule has 1 aliphatic rings. The van der Waals surface area contributed by atoms with E-state index in [1.165, 1.54) is 6.20 Å². The van der Waals surface area contributed by atoms with Gasteiger partial charge in [0.15, 0.2) is 0 Å². The van der Waals surface area contributed by atoms with Crippen LogP contribution in [0.4, 0.5) is 0 Å². The number of carboxylic acid groups (broad SMARTS) is 1. The maximum atomic E-state index is 12.8. The van der Waals surface area contributed by atoms with Crippen LogP contribution in [0.2, 0.25) is 5.02 Å². The highest BCUT2D eigenvalue weighted by atomic mass is 35.5. The average molecular weight is 378 g/mol. The monoisotopic (exact) mass is 377 g/mol. The molecule has 2 heterocycles. The van der Waals surface area contributed by atoms with Crippen molar-refractivity contribution in [2.45, 2.75) is 31.7 Å². The predicted molar refractivity (Wildman–Crippen MR) is 95.8 cm³/mol. The molecule has 2 aromatic rings. The van der Waals surface area contributed by atoms with Crippen molar-refractivity contribution in [1.29, 1.82) is 0 Å². The van der Waals surface area contributed by atoms with Gasteiger partial charge in [0, 0.05) is 18.2 Å². The summed E-state index contributed by atoms with van der Waals surface area (Å²) >= 11 is 5.91. The first kappa shape index (κ1) is 18.4. The van der Waals surface area contributed by atoms with E-state index in [1.807, 2.05) is 12.1 Å². The average Bonchev–Trinajstić information content (AvgIpc) is 2.97. The number of halogens is 1. The molecule has 0 bridgehead atoms.